The first-order valence-corrected chi connectivity index (χ1v) is 5.32. The van der Waals surface area contributed by atoms with Crippen LogP contribution in [0.1, 0.15) is 11.3 Å². The monoisotopic (exact) mass is 226 g/mol. The van der Waals surface area contributed by atoms with Gasteiger partial charge in [-0.2, -0.15) is 4.99 Å². The quantitative estimate of drug-likeness (QED) is 0.725. The second kappa shape index (κ2) is 3.59. The zero-order chi connectivity index (χ0) is 11.8. The van der Waals surface area contributed by atoms with Crippen molar-refractivity contribution in [3.8, 4) is 0 Å². The Hall–Kier alpha value is -2.36. The Morgan fingerprint density at radius 2 is 2.12 bits per heavy atom. The van der Waals surface area contributed by atoms with Gasteiger partial charge < -0.3 is 10.1 Å². The van der Waals surface area contributed by atoms with Crippen LogP contribution in [0.5, 0.6) is 0 Å². The first kappa shape index (κ1) is 9.84. The summed E-state index contributed by atoms with van der Waals surface area (Å²) in [6.45, 7) is 0. The smallest absolute Gasteiger partial charge is 0.431 e. The van der Waals surface area contributed by atoms with Crippen LogP contribution in [0.4, 0.5) is 4.79 Å². The maximum Gasteiger partial charge on any atom is 0.431 e. The van der Waals surface area contributed by atoms with E-state index in [2.05, 4.69) is 9.98 Å². The predicted octanol–water partition coefficient (Wildman–Crippen LogP) is 2.86. The van der Waals surface area contributed by atoms with Crippen molar-refractivity contribution < 1.29 is 9.90 Å². The van der Waals surface area contributed by atoms with Crippen LogP contribution in [-0.2, 0) is 6.42 Å². The second-order valence-corrected chi connectivity index (χ2v) is 3.96. The molecule has 1 heterocycles. The van der Waals surface area contributed by atoms with Crippen LogP contribution in [0.3, 0.4) is 0 Å². The molecule has 17 heavy (non-hydrogen) atoms. The van der Waals surface area contributed by atoms with Gasteiger partial charge in [0.2, 0.25) is 0 Å². The number of rotatable bonds is 0. The van der Waals surface area contributed by atoms with E-state index in [4.69, 9.17) is 5.11 Å². The van der Waals surface area contributed by atoms with Gasteiger partial charge >= 0.3 is 6.09 Å². The number of hydrogen-bond acceptors (Lipinski definition) is 1. The third-order valence-electron chi connectivity index (χ3n) is 2.87. The van der Waals surface area contributed by atoms with Crippen LogP contribution in [0, 0.1) is 0 Å². The van der Waals surface area contributed by atoms with Gasteiger partial charge in [-0.05, 0) is 12.1 Å². The summed E-state index contributed by atoms with van der Waals surface area (Å²) in [5.74, 6) is 0. The molecule has 0 atom stereocenters. The maximum atomic E-state index is 10.5. The lowest BCUT2D eigenvalue weighted by molar-refractivity contribution is 0.205. The SMILES string of the molecule is O=C(O)N=C1C=Cc2c([nH]c3ccccc23)C1. The molecule has 2 N–H and O–H groups in total. The van der Waals surface area contributed by atoms with E-state index in [9.17, 15) is 4.79 Å². The number of nitrogens with one attached hydrogen (secondary N) is 1. The number of carboxylic acid groups (broad SMARTS) is 1. The number of nitrogens with zero attached hydrogens (tertiary/aromatic N) is 1. The molecular formula is C13H10N2O2. The van der Waals surface area contributed by atoms with Gasteiger partial charge in [-0.25, -0.2) is 4.79 Å². The molecular weight excluding hydrogens is 216 g/mol. The van der Waals surface area contributed by atoms with Gasteiger partial charge in [0.15, 0.2) is 0 Å². The predicted molar refractivity (Wildman–Crippen MR) is 66.5 cm³/mol. The summed E-state index contributed by atoms with van der Waals surface area (Å²) in [5, 5.41) is 9.78. The average Bonchev–Trinajstić information content (AvgIpc) is 2.65. The van der Waals surface area contributed by atoms with Crippen LogP contribution < -0.4 is 0 Å². The normalized spacial score (nSPS) is 16.4. The summed E-state index contributed by atoms with van der Waals surface area (Å²) in [6.07, 6.45) is 3.06. The lowest BCUT2D eigenvalue weighted by Gasteiger charge is -2.06. The maximum absolute atomic E-state index is 10.5. The van der Waals surface area contributed by atoms with Crippen molar-refractivity contribution in [1.82, 2.24) is 4.98 Å². The van der Waals surface area contributed by atoms with Gasteiger partial charge in [0, 0.05) is 28.6 Å². The number of aromatic nitrogens is 1. The lowest BCUT2D eigenvalue weighted by Crippen LogP contribution is -2.07. The van der Waals surface area contributed by atoms with Crippen LogP contribution in [-0.4, -0.2) is 21.9 Å². The van der Waals surface area contributed by atoms with Crippen LogP contribution >= 0.6 is 0 Å². The zero-order valence-corrected chi connectivity index (χ0v) is 8.97. The highest BCUT2D eigenvalue weighted by molar-refractivity contribution is 6.09. The Labute approximate surface area is 97.3 Å². The fourth-order valence-electron chi connectivity index (χ4n) is 2.17. The number of para-hydroxylation sites is 1. The largest absolute Gasteiger partial charge is 0.463 e. The second-order valence-electron chi connectivity index (χ2n) is 3.96. The molecule has 0 saturated heterocycles. The Kier molecular flexibility index (Phi) is 2.08. The highest BCUT2D eigenvalue weighted by atomic mass is 16.4. The summed E-state index contributed by atoms with van der Waals surface area (Å²) >= 11 is 0. The van der Waals surface area contributed by atoms with E-state index >= 15 is 0 Å². The topological polar surface area (TPSA) is 65.4 Å². The first-order chi connectivity index (χ1) is 8.24. The summed E-state index contributed by atoms with van der Waals surface area (Å²) < 4.78 is 0. The van der Waals surface area contributed by atoms with E-state index in [0.29, 0.717) is 12.1 Å². The minimum atomic E-state index is -1.15. The number of hydrogen-bond donors (Lipinski definition) is 2. The van der Waals surface area contributed by atoms with Crippen molar-refractivity contribution in [3.63, 3.8) is 0 Å². The van der Waals surface area contributed by atoms with Gasteiger partial charge in [0.25, 0.3) is 0 Å². The zero-order valence-electron chi connectivity index (χ0n) is 8.97. The fourth-order valence-corrected chi connectivity index (χ4v) is 2.17. The minimum absolute atomic E-state index is 0.535. The molecule has 0 bridgehead atoms. The Morgan fingerprint density at radius 1 is 1.29 bits per heavy atom. The minimum Gasteiger partial charge on any atom is -0.463 e. The summed E-state index contributed by atoms with van der Waals surface area (Å²) in [6, 6.07) is 8.02. The molecule has 2 aromatic rings. The number of H-pyrrole nitrogens is 1. The summed E-state index contributed by atoms with van der Waals surface area (Å²) in [7, 11) is 0. The molecule has 84 valence electrons. The van der Waals surface area contributed by atoms with E-state index in [-0.39, 0.29) is 0 Å². The Balaban J connectivity index is 2.12. The molecule has 4 heteroatoms. The van der Waals surface area contributed by atoms with Gasteiger partial charge in [0.1, 0.15) is 0 Å². The Bertz CT molecular complexity index is 665. The third kappa shape index (κ3) is 1.63. The Morgan fingerprint density at radius 3 is 2.94 bits per heavy atom. The number of carbonyl (C=O) groups is 1. The molecule has 0 saturated carbocycles. The third-order valence-corrected chi connectivity index (χ3v) is 2.87. The molecule has 0 radical (unpaired) electrons. The summed E-state index contributed by atoms with van der Waals surface area (Å²) in [5.41, 5.74) is 3.79. The van der Waals surface area contributed by atoms with Gasteiger partial charge in [-0.15, -0.1) is 0 Å². The van der Waals surface area contributed by atoms with Crippen LogP contribution in [0.15, 0.2) is 35.3 Å². The highest BCUT2D eigenvalue weighted by Gasteiger charge is 2.14. The summed E-state index contributed by atoms with van der Waals surface area (Å²) in [4.78, 5) is 17.3. The van der Waals surface area contributed by atoms with Gasteiger partial charge in [-0.3, -0.25) is 0 Å². The fraction of sp³-hybridized carbons (Fsp3) is 0.0769. The van der Waals surface area contributed by atoms with E-state index in [1.54, 1.807) is 6.08 Å². The molecule has 1 aromatic heterocycles. The van der Waals surface area contributed by atoms with E-state index < -0.39 is 6.09 Å². The van der Waals surface area contributed by atoms with Crippen molar-refractivity contribution in [3.05, 3.63) is 41.6 Å². The molecule has 4 nitrogen and oxygen atoms in total. The van der Waals surface area contributed by atoms with Crippen molar-refractivity contribution >= 4 is 28.8 Å². The van der Waals surface area contributed by atoms with Crippen molar-refractivity contribution in [2.75, 3.05) is 0 Å². The van der Waals surface area contributed by atoms with Crippen LogP contribution in [0.25, 0.3) is 17.0 Å². The number of aliphatic imine (C=N–C) groups is 1. The van der Waals surface area contributed by atoms with Crippen molar-refractivity contribution in [2.24, 2.45) is 4.99 Å². The molecule has 1 aromatic carbocycles. The molecule has 1 aliphatic rings. The molecule has 1 aliphatic carbocycles. The number of benzene rings is 1. The lowest BCUT2D eigenvalue weighted by atomic mass is 10.0. The van der Waals surface area contributed by atoms with E-state index in [1.165, 1.54) is 0 Å². The van der Waals surface area contributed by atoms with Gasteiger partial charge in [-0.1, -0.05) is 24.3 Å². The molecule has 1 amide bonds. The van der Waals surface area contributed by atoms with E-state index in [0.717, 1.165) is 22.2 Å². The highest BCUT2D eigenvalue weighted by Crippen LogP contribution is 2.26. The average molecular weight is 226 g/mol. The van der Waals surface area contributed by atoms with Gasteiger partial charge in [0.05, 0.1) is 5.71 Å². The first-order valence-electron chi connectivity index (χ1n) is 5.32. The van der Waals surface area contributed by atoms with Crippen molar-refractivity contribution in [2.45, 2.75) is 6.42 Å². The standard InChI is InChI=1S/C13H10N2O2/c16-13(17)14-8-5-6-10-9-3-1-2-4-11(9)15-12(10)7-8/h1-6,15H,7H2,(H,16,17). The molecule has 0 spiro atoms. The molecule has 0 aliphatic heterocycles. The van der Waals surface area contributed by atoms with E-state index in [1.807, 2.05) is 30.3 Å². The number of amides is 1. The molecule has 0 fully saturated rings. The van der Waals surface area contributed by atoms with Crippen LogP contribution in [0.2, 0.25) is 0 Å². The molecule has 3 rings (SSSR count). The number of aromatic amines is 1. The van der Waals surface area contributed by atoms with Crippen molar-refractivity contribution in [1.29, 1.82) is 0 Å². The number of fused-ring (bicyclic) bond motifs is 3. The molecule has 0 unspecified atom stereocenters. The number of allylic oxidation sites excluding steroid dienone is 1.